The predicted octanol–water partition coefficient (Wildman–Crippen LogP) is 6.63. The van der Waals surface area contributed by atoms with E-state index in [1.807, 2.05) is 0 Å². The normalized spacial score (nSPS) is 12.8. The lowest BCUT2D eigenvalue weighted by molar-refractivity contribution is -0.153. The van der Waals surface area contributed by atoms with E-state index in [1.54, 1.807) is 0 Å². The van der Waals surface area contributed by atoms with Crippen LogP contribution in [0.15, 0.2) is 5.57 Å². The van der Waals surface area contributed by atoms with Crippen molar-refractivity contribution in [2.75, 3.05) is 13.2 Å². The summed E-state index contributed by atoms with van der Waals surface area (Å²) in [5.41, 5.74) is -1.59. The minimum Gasteiger partial charge on any atom is -0.464 e. The molecule has 33 heavy (non-hydrogen) atoms. The van der Waals surface area contributed by atoms with Crippen LogP contribution < -0.4 is 0 Å². The van der Waals surface area contributed by atoms with Gasteiger partial charge in [-0.15, -0.1) is 0 Å². The second-order valence-electron chi connectivity index (χ2n) is 10.3. The van der Waals surface area contributed by atoms with E-state index in [0.717, 1.165) is 44.9 Å². The summed E-state index contributed by atoms with van der Waals surface area (Å²) >= 11 is 0. The SMILES string of the molecule is CC(C)CCCCCC(C#N)(CC(=C=N)C(=O)OCCCC(C)C)C(=O)OCCCC(C)C. The summed E-state index contributed by atoms with van der Waals surface area (Å²) < 4.78 is 10.8. The number of nitriles is 1. The first-order valence-electron chi connectivity index (χ1n) is 12.6. The van der Waals surface area contributed by atoms with Crippen molar-refractivity contribution in [2.24, 2.45) is 23.2 Å². The van der Waals surface area contributed by atoms with Gasteiger partial charge in [-0.1, -0.05) is 67.2 Å². The van der Waals surface area contributed by atoms with Gasteiger partial charge in [0.15, 0.2) is 5.41 Å². The summed E-state index contributed by atoms with van der Waals surface area (Å²) in [6.07, 6.45) is 7.08. The lowest BCUT2D eigenvalue weighted by atomic mass is 9.78. The van der Waals surface area contributed by atoms with E-state index in [4.69, 9.17) is 14.9 Å². The number of nitrogens with zero attached hydrogens (tertiary/aromatic N) is 1. The summed E-state index contributed by atoms with van der Waals surface area (Å²) in [7, 11) is 0. The molecule has 6 nitrogen and oxygen atoms in total. The summed E-state index contributed by atoms with van der Waals surface area (Å²) in [5.74, 6) is 2.45. The molecule has 0 bridgehead atoms. The first kappa shape index (κ1) is 30.9. The molecule has 0 rings (SSSR count). The van der Waals surface area contributed by atoms with Gasteiger partial charge >= 0.3 is 11.9 Å². The lowest BCUT2D eigenvalue weighted by Crippen LogP contribution is -2.34. The number of hydrogen-bond donors (Lipinski definition) is 1. The molecule has 0 aromatic heterocycles. The van der Waals surface area contributed by atoms with Gasteiger partial charge in [-0.25, -0.2) is 4.79 Å². The maximum Gasteiger partial charge on any atom is 0.343 e. The van der Waals surface area contributed by atoms with E-state index in [2.05, 4.69) is 53.5 Å². The molecule has 0 amide bonds. The van der Waals surface area contributed by atoms with E-state index in [9.17, 15) is 14.9 Å². The molecule has 0 fully saturated rings. The maximum absolute atomic E-state index is 13.0. The van der Waals surface area contributed by atoms with Gasteiger partial charge in [0.25, 0.3) is 0 Å². The fraction of sp³-hybridized carbons (Fsp3) is 0.815. The van der Waals surface area contributed by atoms with E-state index in [1.165, 1.54) is 0 Å². The van der Waals surface area contributed by atoms with Gasteiger partial charge in [-0.3, -0.25) is 10.2 Å². The van der Waals surface area contributed by atoms with Gasteiger partial charge in [0.2, 0.25) is 0 Å². The van der Waals surface area contributed by atoms with Crippen molar-refractivity contribution in [3.05, 3.63) is 5.57 Å². The smallest absolute Gasteiger partial charge is 0.343 e. The number of esters is 2. The highest BCUT2D eigenvalue weighted by Gasteiger charge is 2.42. The average Bonchev–Trinajstić information content (AvgIpc) is 2.75. The van der Waals surface area contributed by atoms with Gasteiger partial charge in [0.05, 0.1) is 24.9 Å². The molecule has 0 aromatic carbocycles. The average molecular weight is 463 g/mol. The number of hydrogen-bond acceptors (Lipinski definition) is 6. The van der Waals surface area contributed by atoms with Crippen LogP contribution >= 0.6 is 0 Å². The fourth-order valence-corrected chi connectivity index (χ4v) is 3.57. The van der Waals surface area contributed by atoms with Crippen molar-refractivity contribution in [3.63, 3.8) is 0 Å². The molecule has 0 spiro atoms. The summed E-state index contributed by atoms with van der Waals surface area (Å²) in [6, 6.07) is 2.14. The van der Waals surface area contributed by atoms with Crippen molar-refractivity contribution in [2.45, 2.75) is 106 Å². The molecule has 0 heterocycles. The van der Waals surface area contributed by atoms with Crippen LogP contribution in [-0.2, 0) is 19.1 Å². The van der Waals surface area contributed by atoms with Crippen molar-refractivity contribution >= 4 is 17.8 Å². The number of carbonyl (C=O) groups excluding carboxylic acids is 2. The Morgan fingerprint density at radius 3 is 1.82 bits per heavy atom. The molecular formula is C27H46N2O4. The van der Waals surface area contributed by atoms with Crippen LogP contribution in [0.5, 0.6) is 0 Å². The zero-order valence-corrected chi connectivity index (χ0v) is 21.8. The molecule has 188 valence electrons. The Bertz CT molecular complexity index is 672. The first-order chi connectivity index (χ1) is 15.6. The van der Waals surface area contributed by atoms with Crippen LogP contribution in [0.2, 0.25) is 0 Å². The van der Waals surface area contributed by atoms with Gasteiger partial charge in [-0.05, 0) is 55.7 Å². The second-order valence-corrected chi connectivity index (χ2v) is 10.3. The third kappa shape index (κ3) is 13.9. The summed E-state index contributed by atoms with van der Waals surface area (Å²) in [4.78, 5) is 25.5. The fourth-order valence-electron chi connectivity index (χ4n) is 3.57. The Hall–Kier alpha value is -2.12. The molecule has 6 heteroatoms. The Balaban J connectivity index is 5.25. The minimum absolute atomic E-state index is 0.0811. The van der Waals surface area contributed by atoms with E-state index >= 15 is 0 Å². The molecule has 0 aliphatic heterocycles. The third-order valence-corrected chi connectivity index (χ3v) is 5.68. The largest absolute Gasteiger partial charge is 0.464 e. The monoisotopic (exact) mass is 462 g/mol. The van der Waals surface area contributed by atoms with E-state index in [-0.39, 0.29) is 31.6 Å². The Morgan fingerprint density at radius 2 is 1.33 bits per heavy atom. The lowest BCUT2D eigenvalue weighted by Gasteiger charge is -2.25. The molecule has 0 radical (unpaired) electrons. The molecule has 0 saturated carbocycles. The molecular weight excluding hydrogens is 416 g/mol. The minimum atomic E-state index is -1.50. The van der Waals surface area contributed by atoms with Crippen molar-refractivity contribution < 1.29 is 19.1 Å². The van der Waals surface area contributed by atoms with Gasteiger partial charge in [0, 0.05) is 6.42 Å². The standard InChI is InChI=1S/C27H46N2O4/c1-21(2)12-8-7-9-15-27(20-29,26(31)33-17-11-14-23(5)6)18-24(19-28)25(30)32-16-10-13-22(3)4/h21-23,28H,7-18H2,1-6H3. The van der Waals surface area contributed by atoms with Crippen LogP contribution in [0.25, 0.3) is 0 Å². The second kappa shape index (κ2) is 17.4. The van der Waals surface area contributed by atoms with Crippen LogP contribution in [0.4, 0.5) is 0 Å². The molecule has 0 aromatic rings. The van der Waals surface area contributed by atoms with Gasteiger partial charge in [-0.2, -0.15) is 5.26 Å². The Labute approximate surface area is 201 Å². The number of carbonyl (C=O) groups is 2. The molecule has 0 saturated heterocycles. The Morgan fingerprint density at radius 1 is 0.818 bits per heavy atom. The molecule has 1 N–H and O–H groups in total. The third-order valence-electron chi connectivity index (χ3n) is 5.68. The van der Waals surface area contributed by atoms with E-state index in [0.29, 0.717) is 24.2 Å². The van der Waals surface area contributed by atoms with E-state index < -0.39 is 17.4 Å². The highest BCUT2D eigenvalue weighted by atomic mass is 16.5. The van der Waals surface area contributed by atoms with Crippen molar-refractivity contribution in [1.29, 1.82) is 10.7 Å². The van der Waals surface area contributed by atoms with Crippen LogP contribution in [0, 0.1) is 39.9 Å². The van der Waals surface area contributed by atoms with Crippen LogP contribution in [0.1, 0.15) is 106 Å². The van der Waals surface area contributed by atoms with Crippen molar-refractivity contribution in [1.82, 2.24) is 0 Å². The maximum atomic E-state index is 13.0. The highest BCUT2D eigenvalue weighted by molar-refractivity contribution is 5.98. The zero-order valence-electron chi connectivity index (χ0n) is 21.8. The number of rotatable bonds is 18. The van der Waals surface area contributed by atoms with Crippen LogP contribution in [-0.4, -0.2) is 31.0 Å². The Kier molecular flexibility index (Phi) is 16.3. The number of nitrogens with one attached hydrogen (secondary N) is 1. The molecule has 0 aliphatic rings. The van der Waals surface area contributed by atoms with Gasteiger partial charge in [0.1, 0.15) is 0 Å². The van der Waals surface area contributed by atoms with Gasteiger partial charge < -0.3 is 9.47 Å². The molecule has 1 unspecified atom stereocenters. The first-order valence-corrected chi connectivity index (χ1v) is 12.6. The summed E-state index contributed by atoms with van der Waals surface area (Å²) in [6.45, 7) is 13.2. The number of ether oxygens (including phenoxy) is 2. The summed E-state index contributed by atoms with van der Waals surface area (Å²) in [5, 5.41) is 17.6. The van der Waals surface area contributed by atoms with Crippen LogP contribution in [0.3, 0.4) is 0 Å². The number of unbranched alkanes of at least 4 members (excludes halogenated alkanes) is 2. The molecule has 1 atom stereocenters. The highest BCUT2D eigenvalue weighted by Crippen LogP contribution is 2.34. The van der Waals surface area contributed by atoms with Crippen molar-refractivity contribution in [3.8, 4) is 6.07 Å². The topological polar surface area (TPSA) is 100 Å². The quantitative estimate of drug-likeness (QED) is 0.107. The predicted molar refractivity (Wildman–Crippen MR) is 132 cm³/mol. The molecule has 0 aliphatic carbocycles. The zero-order chi connectivity index (χ0) is 25.3.